The van der Waals surface area contributed by atoms with Crippen LogP contribution in [0, 0.1) is 40.9 Å². The summed E-state index contributed by atoms with van der Waals surface area (Å²) in [5, 5.41) is 0. The predicted molar refractivity (Wildman–Crippen MR) is 114 cm³/mol. The second kappa shape index (κ2) is 8.87. The van der Waals surface area contributed by atoms with Crippen LogP contribution >= 0.6 is 0 Å². The van der Waals surface area contributed by atoms with Crippen LogP contribution in [-0.4, -0.2) is 19.1 Å². The number of H-pyrrole nitrogens is 1. The molecule has 0 spiro atoms. The van der Waals surface area contributed by atoms with Crippen molar-refractivity contribution in [2.24, 2.45) is 40.9 Å². The molecule has 168 valence electrons. The first kappa shape index (κ1) is 22.2. The largest absolute Gasteiger partial charge is 0.726 e. The predicted octanol–water partition coefficient (Wildman–Crippen LogP) is 4.62. The molecule has 1 N–H and O–H groups in total. The van der Waals surface area contributed by atoms with E-state index >= 15 is 0 Å². The van der Waals surface area contributed by atoms with Gasteiger partial charge in [0.2, 0.25) is 10.4 Å². The highest BCUT2D eigenvalue weighted by atomic mass is 32.3. The summed E-state index contributed by atoms with van der Waals surface area (Å²) in [5.74, 6) is 5.01. The summed E-state index contributed by atoms with van der Waals surface area (Å²) in [5.41, 5.74) is 0.326. The highest BCUT2D eigenvalue weighted by molar-refractivity contribution is 7.80. The topological polar surface area (TPSA) is 80.6 Å². The lowest BCUT2D eigenvalue weighted by Crippen LogP contribution is -2.52. The third-order valence-electron chi connectivity index (χ3n) is 9.16. The molecule has 1 aromatic rings. The molecule has 0 amide bonds. The minimum absolute atomic E-state index is 0.326. The fraction of sp³-hybridized carbons (Fsp3) is 0.792. The smallest absolute Gasteiger partial charge is 0.217 e. The molecular formula is C24H37NO4S. The Hall–Kier alpha value is -0.980. The lowest BCUT2D eigenvalue weighted by Gasteiger charge is -2.59. The van der Waals surface area contributed by atoms with Crippen molar-refractivity contribution in [3.05, 3.63) is 30.6 Å². The molecule has 0 saturated heterocycles. The fourth-order valence-corrected chi connectivity index (χ4v) is 8.27. The maximum absolute atomic E-state index is 10.9. The zero-order chi connectivity index (χ0) is 21.4. The number of aromatic amines is 1. The van der Waals surface area contributed by atoms with Gasteiger partial charge in [-0.05, 0) is 92.3 Å². The van der Waals surface area contributed by atoms with Crippen LogP contribution in [0.5, 0.6) is 0 Å². The van der Waals surface area contributed by atoms with Crippen molar-refractivity contribution in [1.29, 1.82) is 0 Å². The second-order valence-corrected chi connectivity index (χ2v) is 11.5. The number of nitrogens with one attached hydrogen (secondary N) is 1. The molecular weight excluding hydrogens is 398 g/mol. The molecule has 5 rings (SSSR count). The Labute approximate surface area is 182 Å². The molecule has 4 saturated carbocycles. The summed E-state index contributed by atoms with van der Waals surface area (Å²) < 4.78 is 37.6. The first-order valence-electron chi connectivity index (χ1n) is 11.8. The van der Waals surface area contributed by atoms with Gasteiger partial charge in [0.15, 0.2) is 12.4 Å². The van der Waals surface area contributed by atoms with Gasteiger partial charge in [-0.1, -0.05) is 26.3 Å². The van der Waals surface area contributed by atoms with Gasteiger partial charge in [-0.3, -0.25) is 4.18 Å². The van der Waals surface area contributed by atoms with Crippen molar-refractivity contribution < 1.29 is 22.1 Å². The minimum atomic E-state index is -4.57. The van der Waals surface area contributed by atoms with Crippen molar-refractivity contribution in [3.63, 3.8) is 0 Å². The number of fused-ring (bicyclic) bond motifs is 5. The fourth-order valence-electron chi connectivity index (χ4n) is 7.76. The van der Waals surface area contributed by atoms with E-state index in [0.29, 0.717) is 11.3 Å². The van der Waals surface area contributed by atoms with Crippen LogP contribution in [0.1, 0.15) is 71.6 Å². The first-order valence-corrected chi connectivity index (χ1v) is 13.2. The van der Waals surface area contributed by atoms with E-state index in [1.54, 1.807) is 0 Å². The first-order chi connectivity index (χ1) is 14.3. The zero-order valence-electron chi connectivity index (χ0n) is 18.3. The number of pyridine rings is 1. The van der Waals surface area contributed by atoms with E-state index in [2.05, 4.69) is 18.8 Å². The SMILES string of the molecule is C[C@H]1CC[C@@H]2[C@@H]1CC[C@H]1[C@H]2CC[C@@H]2C[C@H](OS(=O)(=O)[O-])CC[C@@]21C.c1cc[nH+]cc1. The van der Waals surface area contributed by atoms with Gasteiger partial charge in [0.1, 0.15) is 0 Å². The highest BCUT2D eigenvalue weighted by Gasteiger charge is 2.56. The molecule has 0 bridgehead atoms. The zero-order valence-corrected chi connectivity index (χ0v) is 19.1. The summed E-state index contributed by atoms with van der Waals surface area (Å²) in [6.07, 6.45) is 13.9. The van der Waals surface area contributed by atoms with Gasteiger partial charge >= 0.3 is 0 Å². The summed E-state index contributed by atoms with van der Waals surface area (Å²) in [6, 6.07) is 5.86. The van der Waals surface area contributed by atoms with Crippen molar-refractivity contribution in [2.45, 2.75) is 77.7 Å². The lowest BCUT2D eigenvalue weighted by atomic mass is 9.47. The van der Waals surface area contributed by atoms with Gasteiger partial charge < -0.3 is 4.55 Å². The number of hydrogen-bond acceptors (Lipinski definition) is 4. The Balaban J connectivity index is 0.000000313. The highest BCUT2D eigenvalue weighted by Crippen LogP contribution is 2.63. The Morgan fingerprint density at radius 3 is 2.27 bits per heavy atom. The molecule has 0 unspecified atom stereocenters. The van der Waals surface area contributed by atoms with Crippen LogP contribution in [0.4, 0.5) is 0 Å². The van der Waals surface area contributed by atoms with Crippen LogP contribution in [0.25, 0.3) is 0 Å². The van der Waals surface area contributed by atoms with Gasteiger partial charge in [-0.15, -0.1) is 0 Å². The van der Waals surface area contributed by atoms with Crippen molar-refractivity contribution in [2.75, 3.05) is 0 Å². The van der Waals surface area contributed by atoms with E-state index in [-0.39, 0.29) is 6.10 Å². The quantitative estimate of drug-likeness (QED) is 0.501. The third-order valence-corrected chi connectivity index (χ3v) is 9.66. The van der Waals surface area contributed by atoms with Crippen LogP contribution < -0.4 is 4.98 Å². The van der Waals surface area contributed by atoms with E-state index in [4.69, 9.17) is 4.18 Å². The standard InChI is InChI=1S/C19H32O4S.C5H5N/c1-12-3-5-16-15(12)7-8-18-17(16)6-4-13-11-14(23-24(20,21)22)9-10-19(13,18)2;1-2-4-6-5-3-1/h12-18H,3-11H2,1-2H3,(H,20,21,22);1-5H/t12-,13+,14+,15+,16+,17-,18-,19-;/m0./s1. The molecule has 0 radical (unpaired) electrons. The summed E-state index contributed by atoms with van der Waals surface area (Å²) in [7, 11) is -4.57. The normalized spacial score (nSPS) is 42.8. The molecule has 1 heterocycles. The molecule has 4 aliphatic carbocycles. The average molecular weight is 436 g/mol. The maximum Gasteiger partial charge on any atom is 0.217 e. The molecule has 30 heavy (non-hydrogen) atoms. The number of hydrogen-bond donors (Lipinski definition) is 0. The number of aromatic nitrogens is 1. The Bertz CT molecular complexity index is 774. The molecule has 5 nitrogen and oxygen atoms in total. The van der Waals surface area contributed by atoms with E-state index < -0.39 is 10.4 Å². The Morgan fingerprint density at radius 2 is 1.63 bits per heavy atom. The number of rotatable bonds is 2. The molecule has 0 aromatic carbocycles. The molecule has 6 heteroatoms. The van der Waals surface area contributed by atoms with Crippen LogP contribution in [0.15, 0.2) is 30.6 Å². The van der Waals surface area contributed by atoms with Crippen molar-refractivity contribution >= 4 is 10.4 Å². The van der Waals surface area contributed by atoms with Gasteiger partial charge in [-0.25, -0.2) is 13.4 Å². The molecule has 1 aromatic heterocycles. The van der Waals surface area contributed by atoms with Gasteiger partial charge in [-0.2, -0.15) is 0 Å². The van der Waals surface area contributed by atoms with Crippen LogP contribution in [0.2, 0.25) is 0 Å². The van der Waals surface area contributed by atoms with Crippen molar-refractivity contribution in [3.8, 4) is 0 Å². The molecule has 4 fully saturated rings. The molecule has 8 atom stereocenters. The van der Waals surface area contributed by atoms with Crippen LogP contribution in [-0.2, 0) is 14.6 Å². The second-order valence-electron chi connectivity index (χ2n) is 10.5. The van der Waals surface area contributed by atoms with E-state index in [1.807, 2.05) is 30.6 Å². The minimum Gasteiger partial charge on any atom is -0.726 e. The molecule has 4 aliphatic rings. The van der Waals surface area contributed by atoms with E-state index in [1.165, 1.54) is 38.5 Å². The summed E-state index contributed by atoms with van der Waals surface area (Å²) >= 11 is 0. The maximum atomic E-state index is 10.9. The summed E-state index contributed by atoms with van der Waals surface area (Å²) in [4.78, 5) is 2.89. The van der Waals surface area contributed by atoms with Crippen LogP contribution in [0.3, 0.4) is 0 Å². The van der Waals surface area contributed by atoms with Gasteiger partial charge in [0, 0.05) is 12.1 Å². The van der Waals surface area contributed by atoms with Gasteiger partial charge in [0.05, 0.1) is 6.10 Å². The van der Waals surface area contributed by atoms with E-state index in [9.17, 15) is 13.0 Å². The monoisotopic (exact) mass is 435 g/mol. The average Bonchev–Trinajstić information content (AvgIpc) is 3.10. The lowest BCUT2D eigenvalue weighted by molar-refractivity contribution is -0.377. The summed E-state index contributed by atoms with van der Waals surface area (Å²) in [6.45, 7) is 4.90. The van der Waals surface area contributed by atoms with Gasteiger partial charge in [0.25, 0.3) is 0 Å². The van der Waals surface area contributed by atoms with E-state index in [0.717, 1.165) is 48.9 Å². The third kappa shape index (κ3) is 4.61. The molecule has 0 aliphatic heterocycles. The van der Waals surface area contributed by atoms with Crippen molar-refractivity contribution in [1.82, 2.24) is 0 Å². The Kier molecular flexibility index (Phi) is 6.57. The Morgan fingerprint density at radius 1 is 0.933 bits per heavy atom.